The van der Waals surface area contributed by atoms with Crippen LogP contribution in [0.3, 0.4) is 0 Å². The molecular formula is C28H22Cl2N10O6. The number of aliphatic hydroxyl groups excluding tert-OH is 2. The summed E-state index contributed by atoms with van der Waals surface area (Å²) < 4.78 is 0. The second kappa shape index (κ2) is 13.1. The number of aliphatic hydroxyl groups is 2. The van der Waals surface area contributed by atoms with Crippen LogP contribution in [-0.2, 0) is 0 Å². The molecule has 16 nitrogen and oxygen atoms in total. The van der Waals surface area contributed by atoms with Crippen LogP contribution in [0.15, 0.2) is 80.5 Å². The third kappa shape index (κ3) is 6.84. The molecule has 2 unspecified atom stereocenters. The van der Waals surface area contributed by atoms with Crippen molar-refractivity contribution in [3.05, 3.63) is 114 Å². The van der Waals surface area contributed by atoms with Crippen molar-refractivity contribution in [2.45, 2.75) is 12.2 Å². The predicted octanol–water partition coefficient (Wildman–Crippen LogP) is 1.68. The van der Waals surface area contributed by atoms with Gasteiger partial charge in [0.2, 0.25) is 0 Å². The number of aromatic nitrogens is 4. The molecule has 0 bridgehead atoms. The third-order valence-electron chi connectivity index (χ3n) is 6.45. The molecule has 0 saturated heterocycles. The lowest BCUT2D eigenvalue weighted by atomic mass is 9.97. The van der Waals surface area contributed by atoms with Crippen molar-refractivity contribution < 1.29 is 19.8 Å². The zero-order chi connectivity index (χ0) is 33.1. The number of primary amides is 2. The number of fused-ring (bicyclic) bond motifs is 2. The quantitative estimate of drug-likeness (QED) is 0.0890. The Balaban J connectivity index is 1.51. The molecule has 10 N–H and O–H groups in total. The van der Waals surface area contributed by atoms with Gasteiger partial charge in [0.1, 0.15) is 23.6 Å². The highest BCUT2D eigenvalue weighted by Crippen LogP contribution is 2.24. The summed E-state index contributed by atoms with van der Waals surface area (Å²) in [6, 6.07) is 12.5. The number of H-pyrrole nitrogens is 2. The highest BCUT2D eigenvalue weighted by atomic mass is 35.5. The first-order valence-electron chi connectivity index (χ1n) is 13.0. The minimum atomic E-state index is -1.64. The number of carbonyl (C=O) groups is 2. The highest BCUT2D eigenvalue weighted by Gasteiger charge is 2.26. The van der Waals surface area contributed by atoms with Crippen LogP contribution >= 0.6 is 23.2 Å². The van der Waals surface area contributed by atoms with Crippen molar-refractivity contribution >= 4 is 68.8 Å². The Morgan fingerprint density at radius 3 is 1.41 bits per heavy atom. The average molecular weight is 665 g/mol. The van der Waals surface area contributed by atoms with Gasteiger partial charge in [0.25, 0.3) is 11.1 Å². The van der Waals surface area contributed by atoms with E-state index in [0.717, 1.165) is 0 Å². The van der Waals surface area contributed by atoms with E-state index in [4.69, 9.17) is 34.7 Å². The molecule has 2 atom stereocenters. The number of benzene rings is 3. The van der Waals surface area contributed by atoms with Gasteiger partial charge in [-0.3, -0.25) is 9.59 Å². The minimum Gasteiger partial charge on any atom is -0.382 e. The van der Waals surface area contributed by atoms with Gasteiger partial charge in [0.05, 0.1) is 22.1 Å². The average Bonchev–Trinajstić information content (AvgIpc) is 3.01. The van der Waals surface area contributed by atoms with Gasteiger partial charge in [0.15, 0.2) is 11.4 Å². The first-order chi connectivity index (χ1) is 21.9. The molecule has 18 heteroatoms. The first kappa shape index (κ1) is 31.7. The summed E-state index contributed by atoms with van der Waals surface area (Å²) in [6.07, 6.45) is -3.28. The van der Waals surface area contributed by atoms with E-state index >= 15 is 0 Å². The van der Waals surface area contributed by atoms with E-state index < -0.39 is 35.4 Å². The number of carbonyl (C=O) groups excluding carboxylic acids is 2. The molecule has 0 radical (unpaired) electrons. The van der Waals surface area contributed by atoms with Crippen LogP contribution in [0.5, 0.6) is 0 Å². The Hall–Kier alpha value is -5.68. The van der Waals surface area contributed by atoms with Crippen molar-refractivity contribution in [1.82, 2.24) is 30.8 Å². The molecule has 5 aromatic rings. The van der Waals surface area contributed by atoms with Crippen LogP contribution in [-0.4, -0.2) is 53.6 Å². The Morgan fingerprint density at radius 1 is 0.696 bits per heavy atom. The minimum absolute atomic E-state index is 0.144. The number of nitrogens with zero attached hydrogens (tertiary/aromatic N) is 4. The number of urea groups is 2. The molecular weight excluding hydrogens is 643 g/mol. The van der Waals surface area contributed by atoms with E-state index in [-0.39, 0.29) is 33.9 Å². The second-order valence-electron chi connectivity index (χ2n) is 9.57. The van der Waals surface area contributed by atoms with Gasteiger partial charge in [-0.2, -0.15) is 10.2 Å². The molecule has 2 heterocycles. The second-order valence-corrected chi connectivity index (χ2v) is 10.4. The molecule has 0 spiro atoms. The SMILES string of the molecule is NC(=O)N/N=C(/c1nc2ccc(Cl)cc2[nH]c1=O)C(O)c1ccc(C(O)/C(=N/NC(N)=O)c2nc3ccc(Cl)cc3[nH]c2=O)cc1. The molecule has 0 fully saturated rings. The largest absolute Gasteiger partial charge is 0.382 e. The summed E-state index contributed by atoms with van der Waals surface area (Å²) in [5.74, 6) is 0. The Morgan fingerprint density at radius 2 is 1.07 bits per heavy atom. The molecule has 0 aliphatic carbocycles. The van der Waals surface area contributed by atoms with Crippen molar-refractivity contribution in [2.24, 2.45) is 21.7 Å². The summed E-state index contributed by atoms with van der Waals surface area (Å²) in [5, 5.41) is 30.9. The van der Waals surface area contributed by atoms with E-state index in [1.54, 1.807) is 12.1 Å². The molecule has 3 aromatic carbocycles. The van der Waals surface area contributed by atoms with Gasteiger partial charge in [-0.1, -0.05) is 47.5 Å². The number of aromatic amines is 2. The number of amides is 4. The van der Waals surface area contributed by atoms with Crippen LogP contribution in [0.25, 0.3) is 22.1 Å². The van der Waals surface area contributed by atoms with Crippen LogP contribution < -0.4 is 33.4 Å². The number of rotatable bonds is 8. The smallest absolute Gasteiger partial charge is 0.332 e. The Kier molecular flexibility index (Phi) is 9.06. The van der Waals surface area contributed by atoms with Gasteiger partial charge in [-0.25, -0.2) is 30.4 Å². The molecule has 0 aliphatic rings. The molecule has 234 valence electrons. The van der Waals surface area contributed by atoms with E-state index in [9.17, 15) is 29.4 Å². The lowest BCUT2D eigenvalue weighted by Gasteiger charge is -2.17. The summed E-state index contributed by atoms with van der Waals surface area (Å²) in [4.78, 5) is 62.5. The monoisotopic (exact) mass is 664 g/mol. The summed E-state index contributed by atoms with van der Waals surface area (Å²) in [5.41, 5.74) is 13.0. The molecule has 0 aliphatic heterocycles. The van der Waals surface area contributed by atoms with Gasteiger partial charge in [0, 0.05) is 10.0 Å². The molecule has 5 rings (SSSR count). The van der Waals surface area contributed by atoms with Crippen molar-refractivity contribution in [3.8, 4) is 0 Å². The van der Waals surface area contributed by atoms with Crippen molar-refractivity contribution in [1.29, 1.82) is 0 Å². The summed E-state index contributed by atoms with van der Waals surface area (Å²) in [7, 11) is 0. The number of hydrogen-bond donors (Lipinski definition) is 8. The predicted molar refractivity (Wildman–Crippen MR) is 170 cm³/mol. The normalized spacial score (nSPS) is 13.4. The number of hydrogen-bond acceptors (Lipinski definition) is 10. The number of hydrazone groups is 2. The van der Waals surface area contributed by atoms with E-state index in [0.29, 0.717) is 32.1 Å². The van der Waals surface area contributed by atoms with Gasteiger partial charge in [-0.15, -0.1) is 0 Å². The molecule has 0 saturated carbocycles. The number of nitrogens with one attached hydrogen (secondary N) is 4. The topological polar surface area (TPSA) is 267 Å². The van der Waals surface area contributed by atoms with E-state index in [1.807, 2.05) is 10.9 Å². The number of nitrogens with two attached hydrogens (primary N) is 2. The Bertz CT molecular complexity index is 2030. The standard InChI is InChI=1S/C28H22Cl2N10O6/c29-13-5-7-15-17(9-13)35-25(43)21(33-15)19(37-39-27(31)45)23(41)11-1-2-12(4-3-11)24(42)20(38-40-28(32)46)22-26(44)36-18-10-14(30)6-8-16(18)34-22/h1-10,23-24,41-42H,(H,35,43)(H,36,44)(H3,31,39,45)(H3,32,40,46)/b37-19-,38-20+. The van der Waals surface area contributed by atoms with Crippen LogP contribution in [0, 0.1) is 0 Å². The van der Waals surface area contributed by atoms with Gasteiger partial charge in [-0.05, 0) is 47.5 Å². The fourth-order valence-corrected chi connectivity index (χ4v) is 4.70. The molecule has 2 aromatic heterocycles. The fourth-order valence-electron chi connectivity index (χ4n) is 4.36. The summed E-state index contributed by atoms with van der Waals surface area (Å²) >= 11 is 12.0. The Labute approximate surface area is 266 Å². The zero-order valence-electron chi connectivity index (χ0n) is 23.2. The van der Waals surface area contributed by atoms with E-state index in [1.165, 1.54) is 48.5 Å². The zero-order valence-corrected chi connectivity index (χ0v) is 24.7. The van der Waals surface area contributed by atoms with Crippen molar-refractivity contribution in [2.75, 3.05) is 0 Å². The lowest BCUT2D eigenvalue weighted by Crippen LogP contribution is -2.31. The van der Waals surface area contributed by atoms with Gasteiger partial charge >= 0.3 is 12.1 Å². The molecule has 46 heavy (non-hydrogen) atoms. The third-order valence-corrected chi connectivity index (χ3v) is 6.92. The van der Waals surface area contributed by atoms with Crippen molar-refractivity contribution in [3.63, 3.8) is 0 Å². The number of halogens is 2. The fraction of sp³-hybridized carbons (Fsp3) is 0.0714. The van der Waals surface area contributed by atoms with Crippen LogP contribution in [0.1, 0.15) is 34.7 Å². The van der Waals surface area contributed by atoms with E-state index in [2.05, 4.69) is 30.1 Å². The highest BCUT2D eigenvalue weighted by molar-refractivity contribution is 6.31. The first-order valence-corrected chi connectivity index (χ1v) is 13.8. The van der Waals surface area contributed by atoms with Gasteiger partial charge < -0.3 is 31.6 Å². The lowest BCUT2D eigenvalue weighted by molar-refractivity contribution is 0.240. The maximum atomic E-state index is 12.9. The maximum Gasteiger partial charge on any atom is 0.332 e. The van der Waals surface area contributed by atoms with Crippen LogP contribution in [0.4, 0.5) is 9.59 Å². The maximum absolute atomic E-state index is 12.9. The summed E-state index contributed by atoms with van der Waals surface area (Å²) in [6.45, 7) is 0. The van der Waals surface area contributed by atoms with Crippen LogP contribution in [0.2, 0.25) is 10.0 Å². The molecule has 4 amide bonds.